The Morgan fingerprint density at radius 1 is 1.47 bits per heavy atom. The Balaban J connectivity index is 2.37. The molecule has 90 valence electrons. The number of nitrogens with two attached hydrogens (primary N) is 1. The number of H-pyrrole nitrogens is 1. The van der Waals surface area contributed by atoms with Crippen molar-refractivity contribution in [2.24, 2.45) is 5.73 Å². The predicted molar refractivity (Wildman–Crippen MR) is 68.6 cm³/mol. The average molecular weight is 230 g/mol. The number of aryl methyl sites for hydroxylation is 1. The highest BCUT2D eigenvalue weighted by Gasteiger charge is 2.15. The maximum Gasteiger partial charge on any atom is 0.111 e. The van der Waals surface area contributed by atoms with Gasteiger partial charge in [-0.05, 0) is 25.5 Å². The maximum absolute atomic E-state index is 5.74. The molecule has 0 aromatic carbocycles. The van der Waals surface area contributed by atoms with Gasteiger partial charge in [0.2, 0.25) is 0 Å². The molecule has 0 fully saturated rings. The molecule has 2 rings (SSSR count). The van der Waals surface area contributed by atoms with Crippen LogP contribution in [0.1, 0.15) is 30.8 Å². The highest BCUT2D eigenvalue weighted by Crippen LogP contribution is 2.24. The molecule has 4 nitrogen and oxygen atoms in total. The van der Waals surface area contributed by atoms with Gasteiger partial charge in [-0.25, -0.2) is 4.98 Å². The van der Waals surface area contributed by atoms with Crippen molar-refractivity contribution < 1.29 is 0 Å². The van der Waals surface area contributed by atoms with E-state index in [9.17, 15) is 0 Å². The van der Waals surface area contributed by atoms with E-state index in [4.69, 9.17) is 5.73 Å². The monoisotopic (exact) mass is 230 g/mol. The fourth-order valence-corrected chi connectivity index (χ4v) is 1.93. The minimum Gasteiger partial charge on any atom is -0.345 e. The third-order valence-corrected chi connectivity index (χ3v) is 3.00. The molecule has 17 heavy (non-hydrogen) atoms. The summed E-state index contributed by atoms with van der Waals surface area (Å²) in [7, 11) is 0. The lowest BCUT2D eigenvalue weighted by Crippen LogP contribution is -2.12. The van der Waals surface area contributed by atoms with Crippen LogP contribution in [0.3, 0.4) is 0 Å². The highest BCUT2D eigenvalue weighted by molar-refractivity contribution is 5.60. The second-order valence-corrected chi connectivity index (χ2v) is 4.18. The van der Waals surface area contributed by atoms with Crippen molar-refractivity contribution in [3.05, 3.63) is 36.0 Å². The minimum absolute atomic E-state index is 0.305. The molecule has 4 heteroatoms. The minimum atomic E-state index is 0.305. The molecule has 1 atom stereocenters. The number of imidazole rings is 1. The molecule has 0 aliphatic carbocycles. The Morgan fingerprint density at radius 3 is 2.88 bits per heavy atom. The van der Waals surface area contributed by atoms with Crippen LogP contribution in [0.2, 0.25) is 0 Å². The third-order valence-electron chi connectivity index (χ3n) is 3.00. The number of hydrogen-bond acceptors (Lipinski definition) is 3. The van der Waals surface area contributed by atoms with Crippen LogP contribution < -0.4 is 5.73 Å². The first-order chi connectivity index (χ1) is 8.26. The van der Waals surface area contributed by atoms with Gasteiger partial charge in [-0.3, -0.25) is 4.98 Å². The van der Waals surface area contributed by atoms with Gasteiger partial charge < -0.3 is 10.7 Å². The highest BCUT2D eigenvalue weighted by atomic mass is 14.9. The lowest BCUT2D eigenvalue weighted by molar-refractivity contribution is 0.638. The molecule has 0 amide bonds. The lowest BCUT2D eigenvalue weighted by Gasteiger charge is -2.07. The largest absolute Gasteiger partial charge is 0.345 e. The lowest BCUT2D eigenvalue weighted by atomic mass is 10.1. The second kappa shape index (κ2) is 5.10. The molecule has 0 aliphatic heterocycles. The fraction of sp³-hybridized carbons (Fsp3) is 0.385. The molecule has 0 bridgehead atoms. The van der Waals surface area contributed by atoms with Crippen LogP contribution in [-0.4, -0.2) is 21.5 Å². The van der Waals surface area contributed by atoms with E-state index in [1.54, 1.807) is 6.20 Å². The number of aromatic nitrogens is 3. The van der Waals surface area contributed by atoms with Crippen LogP contribution >= 0.6 is 0 Å². The number of hydrogen-bond donors (Lipinski definition) is 2. The van der Waals surface area contributed by atoms with E-state index in [-0.39, 0.29) is 0 Å². The maximum atomic E-state index is 5.74. The molecule has 0 saturated heterocycles. The number of rotatable bonds is 4. The summed E-state index contributed by atoms with van der Waals surface area (Å²) >= 11 is 0. The molecule has 0 aliphatic rings. The summed E-state index contributed by atoms with van der Waals surface area (Å²) in [5.74, 6) is 1.28. The summed E-state index contributed by atoms with van der Waals surface area (Å²) in [5, 5.41) is 0. The van der Waals surface area contributed by atoms with Crippen molar-refractivity contribution in [2.75, 3.05) is 6.54 Å². The van der Waals surface area contributed by atoms with Crippen LogP contribution in [0.4, 0.5) is 0 Å². The Bertz CT molecular complexity index is 471. The van der Waals surface area contributed by atoms with Gasteiger partial charge in [0.1, 0.15) is 5.82 Å². The predicted octanol–water partition coefficient (Wildman–Crippen LogP) is 2.23. The Kier molecular flexibility index (Phi) is 3.54. The van der Waals surface area contributed by atoms with Crippen LogP contribution in [-0.2, 0) is 0 Å². The van der Waals surface area contributed by atoms with Gasteiger partial charge in [0, 0.05) is 36.1 Å². The first kappa shape index (κ1) is 11.8. The normalized spacial score (nSPS) is 12.6. The van der Waals surface area contributed by atoms with Crippen LogP contribution in [0.15, 0.2) is 24.5 Å². The van der Waals surface area contributed by atoms with Crippen LogP contribution in [0, 0.1) is 6.92 Å². The second-order valence-electron chi connectivity index (χ2n) is 4.18. The summed E-state index contributed by atoms with van der Waals surface area (Å²) in [6.45, 7) is 4.77. The van der Waals surface area contributed by atoms with Crippen molar-refractivity contribution in [3.8, 4) is 11.3 Å². The van der Waals surface area contributed by atoms with Crippen LogP contribution in [0.25, 0.3) is 11.3 Å². The standard InChI is InChI=1S/C13H18N4/c1-3-10(7-14)13-16-9(2)12(17-13)11-5-4-6-15-8-11/h4-6,8,10H,3,7,14H2,1-2H3,(H,16,17). The molecule has 1 unspecified atom stereocenters. The van der Waals surface area contributed by atoms with E-state index in [1.807, 2.05) is 25.3 Å². The van der Waals surface area contributed by atoms with E-state index in [0.717, 1.165) is 29.2 Å². The fourth-order valence-electron chi connectivity index (χ4n) is 1.93. The Labute approximate surface area is 101 Å². The molecule has 2 aromatic rings. The smallest absolute Gasteiger partial charge is 0.111 e. The first-order valence-corrected chi connectivity index (χ1v) is 5.93. The molecule has 2 heterocycles. The van der Waals surface area contributed by atoms with Gasteiger partial charge >= 0.3 is 0 Å². The molecule has 0 spiro atoms. The number of nitrogens with one attached hydrogen (secondary N) is 1. The van der Waals surface area contributed by atoms with Crippen LogP contribution in [0.5, 0.6) is 0 Å². The number of nitrogens with zero attached hydrogens (tertiary/aromatic N) is 2. The van der Waals surface area contributed by atoms with E-state index in [0.29, 0.717) is 12.5 Å². The van der Waals surface area contributed by atoms with E-state index >= 15 is 0 Å². The molecule has 0 saturated carbocycles. The average Bonchev–Trinajstić information content (AvgIpc) is 2.74. The summed E-state index contributed by atoms with van der Waals surface area (Å²) in [4.78, 5) is 12.1. The topological polar surface area (TPSA) is 67.6 Å². The van der Waals surface area contributed by atoms with Gasteiger partial charge in [-0.15, -0.1) is 0 Å². The Hall–Kier alpha value is -1.68. The zero-order valence-electron chi connectivity index (χ0n) is 10.3. The summed E-state index contributed by atoms with van der Waals surface area (Å²) in [5.41, 5.74) is 8.82. The van der Waals surface area contributed by atoms with Crippen molar-refractivity contribution in [1.82, 2.24) is 15.0 Å². The van der Waals surface area contributed by atoms with Gasteiger partial charge in [-0.2, -0.15) is 0 Å². The van der Waals surface area contributed by atoms with Gasteiger partial charge in [0.15, 0.2) is 0 Å². The number of pyridine rings is 1. The van der Waals surface area contributed by atoms with E-state index in [1.165, 1.54) is 0 Å². The summed E-state index contributed by atoms with van der Waals surface area (Å²) in [6.07, 6.45) is 4.59. The Morgan fingerprint density at radius 2 is 2.29 bits per heavy atom. The summed E-state index contributed by atoms with van der Waals surface area (Å²) < 4.78 is 0. The molecular formula is C13H18N4. The molecule has 0 radical (unpaired) electrons. The zero-order valence-corrected chi connectivity index (χ0v) is 10.3. The molecule has 2 aromatic heterocycles. The van der Waals surface area contributed by atoms with Crippen molar-refractivity contribution in [3.63, 3.8) is 0 Å². The SMILES string of the molecule is CCC(CN)c1nc(-c2cccnc2)c(C)[nH]1. The quantitative estimate of drug-likeness (QED) is 0.846. The third kappa shape index (κ3) is 2.36. The van der Waals surface area contributed by atoms with Crippen molar-refractivity contribution in [1.29, 1.82) is 0 Å². The van der Waals surface area contributed by atoms with E-state index < -0.39 is 0 Å². The first-order valence-electron chi connectivity index (χ1n) is 5.93. The summed E-state index contributed by atoms with van der Waals surface area (Å²) in [6, 6.07) is 3.94. The van der Waals surface area contributed by atoms with Gasteiger partial charge in [-0.1, -0.05) is 6.92 Å². The van der Waals surface area contributed by atoms with Crippen molar-refractivity contribution in [2.45, 2.75) is 26.2 Å². The van der Waals surface area contributed by atoms with Gasteiger partial charge in [0.25, 0.3) is 0 Å². The molecular weight excluding hydrogens is 212 g/mol. The zero-order chi connectivity index (χ0) is 12.3. The van der Waals surface area contributed by atoms with Gasteiger partial charge in [0.05, 0.1) is 5.69 Å². The number of aromatic amines is 1. The van der Waals surface area contributed by atoms with E-state index in [2.05, 4.69) is 21.9 Å². The molecule has 3 N–H and O–H groups in total. The van der Waals surface area contributed by atoms with Crippen molar-refractivity contribution >= 4 is 0 Å².